The first-order chi connectivity index (χ1) is 8.99. The van der Waals surface area contributed by atoms with E-state index in [1.165, 1.54) is 19.3 Å². The smallest absolute Gasteiger partial charge is 0.315 e. The van der Waals surface area contributed by atoms with Crippen LogP contribution in [0.5, 0.6) is 0 Å². The molecule has 0 heterocycles. The molecule has 0 aromatic heterocycles. The number of amides is 2. The van der Waals surface area contributed by atoms with Gasteiger partial charge in [0, 0.05) is 12.1 Å². The summed E-state index contributed by atoms with van der Waals surface area (Å²) in [6.45, 7) is 6.01. The van der Waals surface area contributed by atoms with Gasteiger partial charge in [0.1, 0.15) is 0 Å². The predicted octanol–water partition coefficient (Wildman–Crippen LogP) is 2.90. The highest BCUT2D eigenvalue weighted by molar-refractivity contribution is 5.75. The number of carboxylic acids is 1. The molecule has 0 aliphatic rings. The molecule has 5 heteroatoms. The van der Waals surface area contributed by atoms with Crippen LogP contribution in [0.2, 0.25) is 0 Å². The Labute approximate surface area is 116 Å². The molecule has 5 nitrogen and oxygen atoms in total. The van der Waals surface area contributed by atoms with E-state index in [0.717, 1.165) is 12.8 Å². The normalized spacial score (nSPS) is 13.6. The third-order valence-corrected chi connectivity index (χ3v) is 3.12. The van der Waals surface area contributed by atoms with Crippen LogP contribution in [0.25, 0.3) is 0 Å². The SMILES string of the molecule is CCCCCCC(C)NC(=O)NC(CC)CC(=O)O. The van der Waals surface area contributed by atoms with Crippen molar-refractivity contribution in [3.8, 4) is 0 Å². The molecule has 3 N–H and O–H groups in total. The third kappa shape index (κ3) is 10.4. The number of nitrogens with one attached hydrogen (secondary N) is 2. The topological polar surface area (TPSA) is 78.4 Å². The second-order valence-corrected chi connectivity index (χ2v) is 5.07. The largest absolute Gasteiger partial charge is 0.481 e. The van der Waals surface area contributed by atoms with Gasteiger partial charge in [0.15, 0.2) is 0 Å². The second kappa shape index (κ2) is 10.6. The van der Waals surface area contributed by atoms with Gasteiger partial charge in [-0.05, 0) is 19.8 Å². The van der Waals surface area contributed by atoms with Crippen molar-refractivity contribution in [3.63, 3.8) is 0 Å². The minimum Gasteiger partial charge on any atom is -0.481 e. The summed E-state index contributed by atoms with van der Waals surface area (Å²) < 4.78 is 0. The van der Waals surface area contributed by atoms with E-state index in [9.17, 15) is 9.59 Å². The van der Waals surface area contributed by atoms with Crippen LogP contribution in [-0.4, -0.2) is 29.2 Å². The number of hydrogen-bond donors (Lipinski definition) is 3. The molecule has 19 heavy (non-hydrogen) atoms. The molecule has 0 spiro atoms. The second-order valence-electron chi connectivity index (χ2n) is 5.07. The molecule has 0 bridgehead atoms. The summed E-state index contributed by atoms with van der Waals surface area (Å²) in [5.74, 6) is -0.889. The highest BCUT2D eigenvalue weighted by Gasteiger charge is 2.14. The van der Waals surface area contributed by atoms with Crippen LogP contribution in [0.1, 0.15) is 65.7 Å². The Balaban J connectivity index is 3.84. The first-order valence-corrected chi connectivity index (χ1v) is 7.28. The lowest BCUT2D eigenvalue weighted by Gasteiger charge is -2.18. The summed E-state index contributed by atoms with van der Waals surface area (Å²) in [7, 11) is 0. The van der Waals surface area contributed by atoms with Crippen LogP contribution in [0.4, 0.5) is 4.79 Å². The van der Waals surface area contributed by atoms with Gasteiger partial charge in [-0.15, -0.1) is 0 Å². The lowest BCUT2D eigenvalue weighted by atomic mass is 10.1. The molecule has 112 valence electrons. The number of hydrogen-bond acceptors (Lipinski definition) is 2. The highest BCUT2D eigenvalue weighted by Crippen LogP contribution is 2.05. The van der Waals surface area contributed by atoms with Gasteiger partial charge in [0.25, 0.3) is 0 Å². The molecule has 2 amide bonds. The molecule has 2 unspecified atom stereocenters. The van der Waals surface area contributed by atoms with E-state index in [1.54, 1.807) is 0 Å². The summed E-state index contributed by atoms with van der Waals surface area (Å²) >= 11 is 0. The molecule has 0 aliphatic carbocycles. The maximum absolute atomic E-state index is 11.7. The van der Waals surface area contributed by atoms with Crippen molar-refractivity contribution in [1.29, 1.82) is 0 Å². The molecule has 0 radical (unpaired) electrons. The van der Waals surface area contributed by atoms with Crippen LogP contribution < -0.4 is 10.6 Å². The Hall–Kier alpha value is -1.26. The fourth-order valence-corrected chi connectivity index (χ4v) is 1.91. The Morgan fingerprint density at radius 3 is 2.32 bits per heavy atom. The third-order valence-electron chi connectivity index (χ3n) is 3.12. The van der Waals surface area contributed by atoms with E-state index in [-0.39, 0.29) is 24.5 Å². The molecule has 0 aromatic carbocycles. The van der Waals surface area contributed by atoms with Gasteiger partial charge < -0.3 is 15.7 Å². The Bertz CT molecular complexity index is 269. The van der Waals surface area contributed by atoms with Crippen LogP contribution in [0, 0.1) is 0 Å². The minimum atomic E-state index is -0.889. The van der Waals surface area contributed by atoms with Crippen LogP contribution in [0.15, 0.2) is 0 Å². The van der Waals surface area contributed by atoms with E-state index in [4.69, 9.17) is 5.11 Å². The quantitative estimate of drug-likeness (QED) is 0.535. The number of carbonyl (C=O) groups is 2. The lowest BCUT2D eigenvalue weighted by molar-refractivity contribution is -0.137. The van der Waals surface area contributed by atoms with E-state index < -0.39 is 5.97 Å². The summed E-state index contributed by atoms with van der Waals surface area (Å²) in [5, 5.41) is 14.3. The molecule has 0 aromatic rings. The van der Waals surface area contributed by atoms with Crippen LogP contribution >= 0.6 is 0 Å². The van der Waals surface area contributed by atoms with Gasteiger partial charge >= 0.3 is 12.0 Å². The molecule has 0 saturated carbocycles. The minimum absolute atomic E-state index is 0.0329. The number of unbranched alkanes of at least 4 members (excludes halogenated alkanes) is 3. The van der Waals surface area contributed by atoms with E-state index in [0.29, 0.717) is 6.42 Å². The van der Waals surface area contributed by atoms with Gasteiger partial charge in [-0.25, -0.2) is 4.79 Å². The van der Waals surface area contributed by atoms with Crippen LogP contribution in [0.3, 0.4) is 0 Å². The molecule has 0 rings (SSSR count). The summed E-state index contributed by atoms with van der Waals surface area (Å²) in [6, 6.07) is -0.444. The molecule has 2 atom stereocenters. The predicted molar refractivity (Wildman–Crippen MR) is 76.2 cm³/mol. The highest BCUT2D eigenvalue weighted by atomic mass is 16.4. The Kier molecular flexibility index (Phi) is 9.94. The van der Waals surface area contributed by atoms with Gasteiger partial charge in [-0.3, -0.25) is 4.79 Å². The average molecular weight is 272 g/mol. The molecule has 0 saturated heterocycles. The first-order valence-electron chi connectivity index (χ1n) is 7.28. The fourth-order valence-electron chi connectivity index (χ4n) is 1.91. The zero-order valence-corrected chi connectivity index (χ0v) is 12.4. The maximum atomic E-state index is 11.7. The zero-order valence-electron chi connectivity index (χ0n) is 12.4. The standard InChI is InChI=1S/C14H28N2O3/c1-4-6-7-8-9-11(3)15-14(19)16-12(5-2)10-13(17)18/h11-12H,4-10H2,1-3H3,(H,17,18)(H2,15,16,19). The monoisotopic (exact) mass is 272 g/mol. The van der Waals surface area contributed by atoms with Crippen molar-refractivity contribution in [2.45, 2.75) is 77.8 Å². The van der Waals surface area contributed by atoms with Crippen molar-refractivity contribution >= 4 is 12.0 Å². The summed E-state index contributed by atoms with van der Waals surface area (Å²) in [6.07, 6.45) is 6.29. The lowest BCUT2D eigenvalue weighted by Crippen LogP contribution is -2.45. The van der Waals surface area contributed by atoms with Crippen molar-refractivity contribution in [3.05, 3.63) is 0 Å². The fraction of sp³-hybridized carbons (Fsp3) is 0.857. The summed E-state index contributed by atoms with van der Waals surface area (Å²) in [5.41, 5.74) is 0. The van der Waals surface area contributed by atoms with Crippen LogP contribution in [-0.2, 0) is 4.79 Å². The molecular weight excluding hydrogens is 244 g/mol. The number of aliphatic carboxylic acids is 1. The summed E-state index contributed by atoms with van der Waals surface area (Å²) in [4.78, 5) is 22.3. The molecular formula is C14H28N2O3. The molecule has 0 aliphatic heterocycles. The van der Waals surface area contributed by atoms with Gasteiger partial charge in [0.2, 0.25) is 0 Å². The maximum Gasteiger partial charge on any atom is 0.315 e. The van der Waals surface area contributed by atoms with Crippen molar-refractivity contribution < 1.29 is 14.7 Å². The van der Waals surface area contributed by atoms with E-state index in [1.807, 2.05) is 13.8 Å². The number of rotatable bonds is 10. The number of urea groups is 1. The van der Waals surface area contributed by atoms with Crippen molar-refractivity contribution in [2.75, 3.05) is 0 Å². The van der Waals surface area contributed by atoms with Gasteiger partial charge in [-0.2, -0.15) is 0 Å². The number of carbonyl (C=O) groups excluding carboxylic acids is 1. The average Bonchev–Trinajstić information content (AvgIpc) is 2.33. The first kappa shape index (κ1) is 17.7. The van der Waals surface area contributed by atoms with Gasteiger partial charge in [-0.1, -0.05) is 39.5 Å². The zero-order chi connectivity index (χ0) is 14.7. The van der Waals surface area contributed by atoms with Crippen molar-refractivity contribution in [1.82, 2.24) is 10.6 Å². The van der Waals surface area contributed by atoms with Gasteiger partial charge in [0.05, 0.1) is 6.42 Å². The Morgan fingerprint density at radius 1 is 1.11 bits per heavy atom. The number of carboxylic acid groups (broad SMARTS) is 1. The van der Waals surface area contributed by atoms with E-state index in [2.05, 4.69) is 17.6 Å². The van der Waals surface area contributed by atoms with Crippen molar-refractivity contribution in [2.24, 2.45) is 0 Å². The van der Waals surface area contributed by atoms with E-state index >= 15 is 0 Å². The molecule has 0 fully saturated rings. The Morgan fingerprint density at radius 2 is 1.79 bits per heavy atom.